The standard InChI is InChI=1S/C16H27N3O5/c1-15(2,3)23-13(21)18-12(17-11-7-10(8-11)9-20)19-14(22)24-16(4,5)6/h9-11H,7-8H2,1-6H3,(H2,17,18,19,21,22). The number of ether oxygens (including phenoxy) is 2. The van der Waals surface area contributed by atoms with E-state index in [0.29, 0.717) is 12.8 Å². The number of hydrogen-bond donors (Lipinski definition) is 2. The summed E-state index contributed by atoms with van der Waals surface area (Å²) in [5, 5.41) is 5.34. The number of amides is 2. The van der Waals surface area contributed by atoms with Crippen LogP contribution < -0.4 is 10.6 Å². The minimum atomic E-state index is -0.827. The van der Waals surface area contributed by atoms with Gasteiger partial charge in [0.2, 0.25) is 5.96 Å². The molecule has 0 heterocycles. The number of hydrogen-bond acceptors (Lipinski definition) is 5. The second-order valence-corrected chi connectivity index (χ2v) is 7.78. The fourth-order valence-electron chi connectivity index (χ4n) is 1.96. The summed E-state index contributed by atoms with van der Waals surface area (Å²) in [4.78, 5) is 38.1. The maximum Gasteiger partial charge on any atom is 0.437 e. The lowest BCUT2D eigenvalue weighted by Crippen LogP contribution is -2.52. The van der Waals surface area contributed by atoms with Gasteiger partial charge in [-0.15, -0.1) is 4.99 Å². The maximum atomic E-state index is 11.9. The van der Waals surface area contributed by atoms with E-state index < -0.39 is 23.4 Å². The van der Waals surface area contributed by atoms with Crippen LogP contribution in [0, 0.1) is 5.92 Å². The Hall–Kier alpha value is -2.12. The number of guanidine groups is 1. The van der Waals surface area contributed by atoms with E-state index in [4.69, 9.17) is 9.47 Å². The van der Waals surface area contributed by atoms with Gasteiger partial charge in [0.1, 0.15) is 17.5 Å². The smallest absolute Gasteiger partial charge is 0.437 e. The molecule has 2 amide bonds. The van der Waals surface area contributed by atoms with Gasteiger partial charge in [-0.05, 0) is 54.4 Å². The average Bonchev–Trinajstić information content (AvgIpc) is 2.27. The van der Waals surface area contributed by atoms with Crippen molar-refractivity contribution < 1.29 is 23.9 Å². The number of aliphatic imine (C=N–C) groups is 1. The van der Waals surface area contributed by atoms with Gasteiger partial charge >= 0.3 is 12.2 Å². The summed E-state index contributed by atoms with van der Waals surface area (Å²) in [7, 11) is 0. The highest BCUT2D eigenvalue weighted by molar-refractivity contribution is 5.99. The highest BCUT2D eigenvalue weighted by Crippen LogP contribution is 2.25. The predicted molar refractivity (Wildman–Crippen MR) is 88.8 cm³/mol. The summed E-state index contributed by atoms with van der Waals surface area (Å²) in [6.07, 6.45) is 0.569. The Morgan fingerprint density at radius 2 is 1.58 bits per heavy atom. The minimum Gasteiger partial charge on any atom is -0.444 e. The lowest BCUT2D eigenvalue weighted by molar-refractivity contribution is -0.113. The Kier molecular flexibility index (Phi) is 6.34. The molecule has 1 aliphatic carbocycles. The number of carbonyl (C=O) groups is 3. The quantitative estimate of drug-likeness (QED) is 0.454. The van der Waals surface area contributed by atoms with Crippen LogP contribution in [-0.2, 0) is 14.3 Å². The topological polar surface area (TPSA) is 106 Å². The molecular formula is C16H27N3O5. The van der Waals surface area contributed by atoms with Crippen LogP contribution in [-0.4, -0.2) is 41.7 Å². The SMILES string of the molecule is CC(C)(C)OC(=O)/N=C(/NC(=O)OC(C)(C)C)NC1CC(C=O)C1. The number of rotatable bonds is 2. The van der Waals surface area contributed by atoms with Crippen LogP contribution in [0.15, 0.2) is 4.99 Å². The van der Waals surface area contributed by atoms with Gasteiger partial charge in [0.05, 0.1) is 0 Å². The lowest BCUT2D eigenvalue weighted by Gasteiger charge is -2.33. The summed E-state index contributed by atoms with van der Waals surface area (Å²) >= 11 is 0. The largest absolute Gasteiger partial charge is 0.444 e. The van der Waals surface area contributed by atoms with E-state index in [0.717, 1.165) is 6.29 Å². The number of aldehydes is 1. The van der Waals surface area contributed by atoms with Crippen molar-refractivity contribution in [1.29, 1.82) is 0 Å². The molecule has 0 radical (unpaired) electrons. The third-order valence-electron chi connectivity index (χ3n) is 2.92. The van der Waals surface area contributed by atoms with Gasteiger partial charge < -0.3 is 19.6 Å². The minimum absolute atomic E-state index is 0.00759. The molecule has 136 valence electrons. The molecule has 1 rings (SSSR count). The first-order chi connectivity index (χ1) is 10.9. The van der Waals surface area contributed by atoms with Gasteiger partial charge in [-0.3, -0.25) is 5.32 Å². The first-order valence-electron chi connectivity index (χ1n) is 7.91. The zero-order valence-corrected chi connectivity index (χ0v) is 15.1. The molecule has 8 heteroatoms. The number of alkyl carbamates (subject to hydrolysis) is 1. The van der Waals surface area contributed by atoms with Crippen LogP contribution in [0.4, 0.5) is 9.59 Å². The van der Waals surface area contributed by atoms with Crippen molar-refractivity contribution in [2.75, 3.05) is 0 Å². The summed E-state index contributed by atoms with van der Waals surface area (Å²) in [5.74, 6) is -0.0559. The Morgan fingerprint density at radius 3 is 2.04 bits per heavy atom. The molecule has 1 saturated carbocycles. The molecule has 0 aromatic carbocycles. The summed E-state index contributed by atoms with van der Waals surface area (Å²) in [6, 6.07) is -0.0451. The van der Waals surface area contributed by atoms with Crippen LogP contribution in [0.5, 0.6) is 0 Å². The monoisotopic (exact) mass is 341 g/mol. The van der Waals surface area contributed by atoms with Gasteiger partial charge in [-0.1, -0.05) is 0 Å². The maximum absolute atomic E-state index is 11.9. The van der Waals surface area contributed by atoms with E-state index in [1.165, 1.54) is 0 Å². The average molecular weight is 341 g/mol. The third kappa shape index (κ3) is 7.94. The second kappa shape index (κ2) is 7.63. The van der Waals surface area contributed by atoms with Gasteiger partial charge in [0.15, 0.2) is 0 Å². The van der Waals surface area contributed by atoms with Crippen molar-refractivity contribution >= 4 is 24.4 Å². The van der Waals surface area contributed by atoms with Crippen LogP contribution in [0.3, 0.4) is 0 Å². The van der Waals surface area contributed by atoms with Gasteiger partial charge in [0.25, 0.3) is 0 Å². The van der Waals surface area contributed by atoms with Crippen molar-refractivity contribution in [3.8, 4) is 0 Å². The molecule has 0 saturated heterocycles. The number of nitrogens with one attached hydrogen (secondary N) is 2. The Bertz CT molecular complexity index is 511. The van der Waals surface area contributed by atoms with Crippen LogP contribution >= 0.6 is 0 Å². The Morgan fingerprint density at radius 1 is 1.04 bits per heavy atom. The third-order valence-corrected chi connectivity index (χ3v) is 2.92. The molecule has 24 heavy (non-hydrogen) atoms. The number of nitrogens with zero attached hydrogens (tertiary/aromatic N) is 1. The van der Waals surface area contributed by atoms with Gasteiger partial charge in [-0.25, -0.2) is 9.59 Å². The lowest BCUT2D eigenvalue weighted by atomic mass is 9.81. The Balaban J connectivity index is 2.73. The molecule has 0 aromatic heterocycles. The fourth-order valence-corrected chi connectivity index (χ4v) is 1.96. The summed E-state index contributed by atoms with van der Waals surface area (Å²) < 4.78 is 10.3. The van der Waals surface area contributed by atoms with Gasteiger partial charge in [0, 0.05) is 12.0 Å². The Labute approximate surface area is 142 Å². The zero-order valence-electron chi connectivity index (χ0n) is 15.1. The molecule has 0 bridgehead atoms. The first-order valence-corrected chi connectivity index (χ1v) is 7.91. The van der Waals surface area contributed by atoms with E-state index in [9.17, 15) is 14.4 Å². The van der Waals surface area contributed by atoms with Crippen molar-refractivity contribution in [3.63, 3.8) is 0 Å². The second-order valence-electron chi connectivity index (χ2n) is 7.78. The summed E-state index contributed by atoms with van der Waals surface area (Å²) in [5.41, 5.74) is -1.38. The molecule has 0 unspecified atom stereocenters. The van der Waals surface area contributed by atoms with Crippen LogP contribution in [0.2, 0.25) is 0 Å². The zero-order chi connectivity index (χ0) is 18.5. The van der Waals surface area contributed by atoms with Crippen molar-refractivity contribution in [2.24, 2.45) is 10.9 Å². The molecule has 2 N–H and O–H groups in total. The van der Waals surface area contributed by atoms with Crippen LogP contribution in [0.25, 0.3) is 0 Å². The molecule has 0 spiro atoms. The highest BCUT2D eigenvalue weighted by Gasteiger charge is 2.30. The molecule has 0 atom stereocenters. The van der Waals surface area contributed by atoms with Crippen molar-refractivity contribution in [2.45, 2.75) is 71.6 Å². The molecule has 0 aliphatic heterocycles. The molecule has 8 nitrogen and oxygen atoms in total. The van der Waals surface area contributed by atoms with E-state index >= 15 is 0 Å². The normalized spacial score (nSPS) is 21.3. The predicted octanol–water partition coefficient (Wildman–Crippen LogP) is 2.37. The van der Waals surface area contributed by atoms with Crippen LogP contribution in [0.1, 0.15) is 54.4 Å². The highest BCUT2D eigenvalue weighted by atomic mass is 16.6. The van der Waals surface area contributed by atoms with Gasteiger partial charge in [-0.2, -0.15) is 0 Å². The van der Waals surface area contributed by atoms with Crippen molar-refractivity contribution in [3.05, 3.63) is 0 Å². The summed E-state index contributed by atoms with van der Waals surface area (Å²) in [6.45, 7) is 10.3. The van der Waals surface area contributed by atoms with E-state index in [1.54, 1.807) is 41.5 Å². The van der Waals surface area contributed by atoms with Crippen molar-refractivity contribution in [1.82, 2.24) is 10.6 Å². The number of carbonyl (C=O) groups excluding carboxylic acids is 3. The molecule has 1 fully saturated rings. The van der Waals surface area contributed by atoms with E-state index in [-0.39, 0.29) is 17.9 Å². The molecule has 0 aromatic rings. The molecule has 1 aliphatic rings. The first kappa shape index (κ1) is 19.9. The van der Waals surface area contributed by atoms with E-state index in [2.05, 4.69) is 15.6 Å². The molecular weight excluding hydrogens is 314 g/mol. The fraction of sp³-hybridized carbons (Fsp3) is 0.750. The van der Waals surface area contributed by atoms with E-state index in [1.807, 2.05) is 0 Å².